The monoisotopic (exact) mass is 332 g/mol. The van der Waals surface area contributed by atoms with Crippen molar-refractivity contribution in [2.24, 2.45) is 0 Å². The van der Waals surface area contributed by atoms with Crippen LogP contribution in [0.2, 0.25) is 22.7 Å². The zero-order valence-corrected chi connectivity index (χ0v) is 15.9. The third-order valence-electron chi connectivity index (χ3n) is 4.06. The van der Waals surface area contributed by atoms with E-state index in [1.54, 1.807) is 0 Å². The summed E-state index contributed by atoms with van der Waals surface area (Å²) in [7, 11) is -1.59. The molecular weight excluding hydrogens is 308 g/mol. The number of halogens is 1. The van der Waals surface area contributed by atoms with Crippen LogP contribution >= 0.6 is 12.9 Å². The normalized spacial score (nSPS) is 26.0. The molecule has 0 amide bonds. The summed E-state index contributed by atoms with van der Waals surface area (Å²) in [5.41, 5.74) is 0. The van der Waals surface area contributed by atoms with Crippen LogP contribution < -0.4 is 0 Å². The fourth-order valence-corrected chi connectivity index (χ4v) is 4.99. The van der Waals surface area contributed by atoms with Crippen molar-refractivity contribution in [1.29, 1.82) is 0 Å². The van der Waals surface area contributed by atoms with Crippen LogP contribution in [0.5, 0.6) is 0 Å². The quantitative estimate of drug-likeness (QED) is 0.708. The van der Waals surface area contributed by atoms with Gasteiger partial charge in [0.1, 0.15) is 0 Å². The minimum Gasteiger partial charge on any atom is -0.414 e. The SMILES string of the molecule is CC(C)(C)[Si](C)(C)OC[C@@H]1CC[C@H]([CH2][Mg][Br])O1. The van der Waals surface area contributed by atoms with Crippen molar-refractivity contribution < 1.29 is 9.16 Å². The summed E-state index contributed by atoms with van der Waals surface area (Å²) >= 11 is 3.56. The molecule has 2 nitrogen and oxygen atoms in total. The fourth-order valence-electron chi connectivity index (χ4n) is 1.75. The number of rotatable bonds is 5. The van der Waals surface area contributed by atoms with Crippen LogP contribution in [0.1, 0.15) is 33.6 Å². The van der Waals surface area contributed by atoms with E-state index in [1.165, 1.54) is 17.4 Å². The molecule has 0 radical (unpaired) electrons. The molecule has 0 aromatic heterocycles. The number of hydrogen-bond acceptors (Lipinski definition) is 2. The van der Waals surface area contributed by atoms with E-state index in [9.17, 15) is 0 Å². The number of hydrogen-bond donors (Lipinski definition) is 0. The van der Waals surface area contributed by atoms with Crippen LogP contribution in [0.15, 0.2) is 0 Å². The topological polar surface area (TPSA) is 18.5 Å². The molecule has 1 fully saturated rings. The molecule has 2 atom stereocenters. The van der Waals surface area contributed by atoms with Crippen molar-refractivity contribution in [3.05, 3.63) is 0 Å². The third-order valence-corrected chi connectivity index (χ3v) is 10.8. The summed E-state index contributed by atoms with van der Waals surface area (Å²) in [5.74, 6) is 0. The lowest BCUT2D eigenvalue weighted by molar-refractivity contribution is 0.0232. The Bertz CT molecular complexity index is 243. The second kappa shape index (κ2) is 6.70. The molecule has 1 aliphatic rings. The lowest BCUT2D eigenvalue weighted by atomic mass is 10.2. The van der Waals surface area contributed by atoms with Gasteiger partial charge in [-0.2, -0.15) is 0 Å². The highest BCUT2D eigenvalue weighted by atomic mass is 79.9. The molecule has 0 unspecified atom stereocenters. The Labute approximate surface area is 123 Å². The van der Waals surface area contributed by atoms with Gasteiger partial charge in [-0.3, -0.25) is 0 Å². The molecule has 98 valence electrons. The average Bonchev–Trinajstić information content (AvgIpc) is 2.62. The van der Waals surface area contributed by atoms with E-state index >= 15 is 0 Å². The fraction of sp³-hybridized carbons (Fsp3) is 1.00. The standard InChI is InChI=1S/C12H25O2Si.BrH.Mg/c1-10-7-8-11(14-10)9-13-15(5,6)12(2,3)4;;/h10-11H,1,7-9H2,2-6H3;1H;/q;;+1/p-1/t10-,11-;;/m0../s1. The van der Waals surface area contributed by atoms with Crippen LogP contribution in [0, 0.1) is 0 Å². The zero-order chi connectivity index (χ0) is 13.1. The van der Waals surface area contributed by atoms with Gasteiger partial charge in [-0.25, -0.2) is 0 Å². The Morgan fingerprint density at radius 2 is 1.88 bits per heavy atom. The van der Waals surface area contributed by atoms with Crippen LogP contribution in [0.4, 0.5) is 0 Å². The Hall–Kier alpha value is 1.38. The molecule has 0 N–H and O–H groups in total. The van der Waals surface area contributed by atoms with Crippen LogP contribution in [-0.2, 0) is 9.16 Å². The van der Waals surface area contributed by atoms with Crippen LogP contribution in [0.25, 0.3) is 0 Å². The van der Waals surface area contributed by atoms with E-state index in [-0.39, 0.29) is 18.2 Å². The van der Waals surface area contributed by atoms with Gasteiger partial charge in [0.05, 0.1) is 12.7 Å². The minimum absolute atomic E-state index is 0.0464. The molecule has 5 heteroatoms. The molecule has 1 aliphatic heterocycles. The summed E-state index contributed by atoms with van der Waals surface area (Å²) in [5, 5.41) is 0.299. The van der Waals surface area contributed by atoms with E-state index in [1.807, 2.05) is 0 Å². The van der Waals surface area contributed by atoms with E-state index in [2.05, 4.69) is 46.7 Å². The Morgan fingerprint density at radius 1 is 1.29 bits per heavy atom. The largest absolute Gasteiger partial charge is 0.471 e. The first-order chi connectivity index (χ1) is 7.76. The maximum atomic E-state index is 6.22. The van der Waals surface area contributed by atoms with Gasteiger partial charge in [0, 0.05) is 6.10 Å². The van der Waals surface area contributed by atoms with Crippen molar-refractivity contribution in [2.45, 2.75) is 68.5 Å². The summed E-state index contributed by atoms with van der Waals surface area (Å²) < 4.78 is 13.5. The van der Waals surface area contributed by atoms with Crippen molar-refractivity contribution in [1.82, 2.24) is 0 Å². The molecule has 1 heterocycles. The summed E-state index contributed by atoms with van der Waals surface area (Å²) in [6.07, 6.45) is 3.27. The van der Waals surface area contributed by atoms with Gasteiger partial charge in [0.25, 0.3) is 0 Å². The lowest BCUT2D eigenvalue weighted by Crippen LogP contribution is -2.42. The van der Waals surface area contributed by atoms with E-state index in [0.717, 1.165) is 6.61 Å². The molecule has 0 saturated carbocycles. The smallest absolute Gasteiger partial charge is 0.414 e. The summed E-state index contributed by atoms with van der Waals surface area (Å²) in [6.45, 7) is 12.3. The molecule has 0 bridgehead atoms. The van der Waals surface area contributed by atoms with Crippen molar-refractivity contribution in [2.75, 3.05) is 6.61 Å². The predicted octanol–water partition coefficient (Wildman–Crippen LogP) is 3.99. The van der Waals surface area contributed by atoms with Gasteiger partial charge < -0.3 is 22.0 Å². The van der Waals surface area contributed by atoms with Crippen LogP contribution in [-0.4, -0.2) is 45.3 Å². The summed E-state index contributed by atoms with van der Waals surface area (Å²) in [4.78, 5) is 0. The highest BCUT2D eigenvalue weighted by molar-refractivity contribution is 9.23. The highest BCUT2D eigenvalue weighted by Crippen LogP contribution is 2.37. The highest BCUT2D eigenvalue weighted by Gasteiger charge is 2.38. The van der Waals surface area contributed by atoms with Gasteiger partial charge in [0.2, 0.25) is 0 Å². The second-order valence-electron chi connectivity index (χ2n) is 6.51. The summed E-state index contributed by atoms with van der Waals surface area (Å²) in [6, 6.07) is 0. The Balaban J connectivity index is 2.33. The first-order valence-corrected chi connectivity index (χ1v) is 14.4. The van der Waals surface area contributed by atoms with Gasteiger partial charge >= 0.3 is 18.2 Å². The Morgan fingerprint density at radius 3 is 2.41 bits per heavy atom. The van der Waals surface area contributed by atoms with Gasteiger partial charge in [0.15, 0.2) is 8.32 Å². The average molecular weight is 334 g/mol. The molecular formula is C12H25BrMgO2Si. The Kier molecular flexibility index (Phi) is 6.48. The first-order valence-electron chi connectivity index (χ1n) is 6.61. The van der Waals surface area contributed by atoms with E-state index in [0.29, 0.717) is 17.2 Å². The lowest BCUT2D eigenvalue weighted by Gasteiger charge is -2.36. The second-order valence-corrected chi connectivity index (χ2v) is 14.7. The van der Waals surface area contributed by atoms with Crippen LogP contribution in [0.3, 0.4) is 0 Å². The van der Waals surface area contributed by atoms with E-state index < -0.39 is 8.32 Å². The van der Waals surface area contributed by atoms with Crippen molar-refractivity contribution >= 4 is 39.4 Å². The molecule has 0 aliphatic carbocycles. The molecule has 0 aromatic carbocycles. The molecule has 0 spiro atoms. The van der Waals surface area contributed by atoms with Gasteiger partial charge in [-0.1, -0.05) is 20.8 Å². The predicted molar refractivity (Wildman–Crippen MR) is 80.5 cm³/mol. The van der Waals surface area contributed by atoms with Gasteiger partial charge in [-0.05, 0) is 31.0 Å². The van der Waals surface area contributed by atoms with Crippen molar-refractivity contribution in [3.8, 4) is 0 Å². The maximum Gasteiger partial charge on any atom is 0.471 e. The molecule has 1 saturated heterocycles. The van der Waals surface area contributed by atoms with Gasteiger partial charge in [-0.15, -0.1) is 4.55 Å². The molecule has 0 aromatic rings. The van der Waals surface area contributed by atoms with E-state index in [4.69, 9.17) is 9.16 Å². The first kappa shape index (κ1) is 16.4. The molecule has 1 rings (SSSR count). The third kappa shape index (κ3) is 5.11. The van der Waals surface area contributed by atoms with Crippen molar-refractivity contribution in [3.63, 3.8) is 0 Å². The minimum atomic E-state index is -1.59. The number of ether oxygens (including phenoxy) is 1. The zero-order valence-electron chi connectivity index (χ0n) is 11.9. The maximum absolute atomic E-state index is 6.22. The molecule has 17 heavy (non-hydrogen) atoms.